The van der Waals surface area contributed by atoms with Crippen molar-refractivity contribution < 1.29 is 14.7 Å². The van der Waals surface area contributed by atoms with E-state index in [0.717, 1.165) is 51.4 Å². The lowest BCUT2D eigenvalue weighted by Crippen LogP contribution is -2.45. The van der Waals surface area contributed by atoms with Crippen molar-refractivity contribution in [1.29, 1.82) is 0 Å². The summed E-state index contributed by atoms with van der Waals surface area (Å²) in [5.41, 5.74) is 0. The molecule has 0 spiro atoms. The summed E-state index contributed by atoms with van der Waals surface area (Å²) in [6.07, 6.45) is 7.81. The molecule has 0 aromatic rings. The van der Waals surface area contributed by atoms with E-state index in [4.69, 9.17) is 0 Å². The molecule has 5 heteroatoms. The Labute approximate surface area is 120 Å². The molecule has 2 rings (SSSR count). The van der Waals surface area contributed by atoms with Crippen LogP contribution in [-0.4, -0.2) is 35.6 Å². The molecule has 2 aliphatic carbocycles. The molecule has 114 valence electrons. The molecular formula is C15H26N2O3. The maximum absolute atomic E-state index is 11.8. The Balaban J connectivity index is 1.61. The molecule has 2 atom stereocenters. The van der Waals surface area contributed by atoms with E-state index in [1.54, 1.807) is 0 Å². The van der Waals surface area contributed by atoms with Crippen LogP contribution in [0.25, 0.3) is 0 Å². The van der Waals surface area contributed by atoms with Crippen LogP contribution >= 0.6 is 0 Å². The monoisotopic (exact) mass is 282 g/mol. The van der Waals surface area contributed by atoms with E-state index in [0.29, 0.717) is 13.0 Å². The highest BCUT2D eigenvalue weighted by atomic mass is 16.3. The lowest BCUT2D eigenvalue weighted by Gasteiger charge is -2.28. The summed E-state index contributed by atoms with van der Waals surface area (Å²) < 4.78 is 0. The van der Waals surface area contributed by atoms with Gasteiger partial charge >= 0.3 is 0 Å². The third kappa shape index (κ3) is 4.47. The molecule has 2 saturated carbocycles. The summed E-state index contributed by atoms with van der Waals surface area (Å²) in [6, 6.07) is -0.109. The van der Waals surface area contributed by atoms with E-state index < -0.39 is 6.10 Å². The summed E-state index contributed by atoms with van der Waals surface area (Å²) in [6.45, 7) is 0.393. The van der Waals surface area contributed by atoms with E-state index in [2.05, 4.69) is 10.6 Å². The fraction of sp³-hybridized carbons (Fsp3) is 0.867. The lowest BCUT2D eigenvalue weighted by atomic mass is 9.92. The molecule has 20 heavy (non-hydrogen) atoms. The van der Waals surface area contributed by atoms with Crippen LogP contribution in [0.3, 0.4) is 0 Å². The predicted molar refractivity (Wildman–Crippen MR) is 76.0 cm³/mol. The zero-order valence-corrected chi connectivity index (χ0v) is 12.1. The maximum atomic E-state index is 11.8. The fourth-order valence-electron chi connectivity index (χ4n) is 3.19. The smallest absolute Gasteiger partial charge is 0.223 e. The fourth-order valence-corrected chi connectivity index (χ4v) is 3.19. The molecule has 0 aliphatic heterocycles. The van der Waals surface area contributed by atoms with Gasteiger partial charge in [0.25, 0.3) is 0 Å². The van der Waals surface area contributed by atoms with Crippen molar-refractivity contribution in [3.63, 3.8) is 0 Å². The number of rotatable bonds is 5. The first-order valence-corrected chi connectivity index (χ1v) is 7.92. The molecule has 0 saturated heterocycles. The van der Waals surface area contributed by atoms with Crippen LogP contribution in [0.1, 0.15) is 57.8 Å². The molecule has 2 aliphatic rings. The van der Waals surface area contributed by atoms with E-state index in [-0.39, 0.29) is 23.8 Å². The second-order valence-corrected chi connectivity index (χ2v) is 6.05. The van der Waals surface area contributed by atoms with E-state index in [1.165, 1.54) is 0 Å². The van der Waals surface area contributed by atoms with Gasteiger partial charge in [0.2, 0.25) is 11.8 Å². The van der Waals surface area contributed by atoms with Gasteiger partial charge in [0.05, 0.1) is 12.1 Å². The number of aliphatic hydroxyl groups is 1. The molecule has 0 aromatic carbocycles. The SMILES string of the molecule is O=C(CCNC(=O)C1CCCC1)NC1CCCCC1O. The summed E-state index contributed by atoms with van der Waals surface area (Å²) >= 11 is 0. The Morgan fingerprint density at radius 2 is 1.65 bits per heavy atom. The minimum absolute atomic E-state index is 0.0809. The number of nitrogens with one attached hydrogen (secondary N) is 2. The number of hydrogen-bond acceptors (Lipinski definition) is 3. The number of aliphatic hydroxyl groups excluding tert-OH is 1. The first-order chi connectivity index (χ1) is 9.66. The highest BCUT2D eigenvalue weighted by Crippen LogP contribution is 2.24. The highest BCUT2D eigenvalue weighted by Gasteiger charge is 2.25. The van der Waals surface area contributed by atoms with Crippen molar-refractivity contribution in [1.82, 2.24) is 10.6 Å². The molecule has 2 amide bonds. The van der Waals surface area contributed by atoms with Crippen molar-refractivity contribution in [2.24, 2.45) is 5.92 Å². The minimum Gasteiger partial charge on any atom is -0.391 e. The largest absolute Gasteiger partial charge is 0.391 e. The third-order valence-corrected chi connectivity index (χ3v) is 4.45. The molecule has 0 radical (unpaired) electrons. The van der Waals surface area contributed by atoms with Gasteiger partial charge in [0.15, 0.2) is 0 Å². The van der Waals surface area contributed by atoms with Crippen LogP contribution < -0.4 is 10.6 Å². The van der Waals surface area contributed by atoms with Crippen molar-refractivity contribution in [3.8, 4) is 0 Å². The van der Waals surface area contributed by atoms with Crippen LogP contribution in [0, 0.1) is 5.92 Å². The Morgan fingerprint density at radius 1 is 1.00 bits per heavy atom. The minimum atomic E-state index is -0.416. The number of amides is 2. The van der Waals surface area contributed by atoms with Crippen LogP contribution in [0.15, 0.2) is 0 Å². The van der Waals surface area contributed by atoms with E-state index in [9.17, 15) is 14.7 Å². The van der Waals surface area contributed by atoms with Gasteiger partial charge in [-0.05, 0) is 25.7 Å². The molecule has 0 aromatic heterocycles. The van der Waals surface area contributed by atoms with Gasteiger partial charge in [-0.2, -0.15) is 0 Å². The lowest BCUT2D eigenvalue weighted by molar-refractivity contribution is -0.125. The maximum Gasteiger partial charge on any atom is 0.223 e. The Kier molecular flexibility index (Phi) is 5.83. The zero-order chi connectivity index (χ0) is 14.4. The van der Waals surface area contributed by atoms with Crippen LogP contribution in [-0.2, 0) is 9.59 Å². The van der Waals surface area contributed by atoms with Crippen LogP contribution in [0.5, 0.6) is 0 Å². The second-order valence-electron chi connectivity index (χ2n) is 6.05. The normalized spacial score (nSPS) is 27.2. The topological polar surface area (TPSA) is 78.4 Å². The highest BCUT2D eigenvalue weighted by molar-refractivity contribution is 5.80. The van der Waals surface area contributed by atoms with Gasteiger partial charge < -0.3 is 15.7 Å². The molecule has 3 N–H and O–H groups in total. The predicted octanol–water partition coefficient (Wildman–Crippen LogP) is 1.10. The molecule has 0 bridgehead atoms. The first kappa shape index (κ1) is 15.3. The van der Waals surface area contributed by atoms with Crippen molar-refractivity contribution >= 4 is 11.8 Å². The summed E-state index contributed by atoms with van der Waals surface area (Å²) in [7, 11) is 0. The average Bonchev–Trinajstić information content (AvgIpc) is 2.95. The van der Waals surface area contributed by atoms with Crippen molar-refractivity contribution in [2.75, 3.05) is 6.54 Å². The van der Waals surface area contributed by atoms with Gasteiger partial charge in [-0.15, -0.1) is 0 Å². The van der Waals surface area contributed by atoms with E-state index in [1.807, 2.05) is 0 Å². The van der Waals surface area contributed by atoms with Gasteiger partial charge in [-0.25, -0.2) is 0 Å². The number of carbonyl (C=O) groups excluding carboxylic acids is 2. The first-order valence-electron chi connectivity index (χ1n) is 7.92. The molecule has 2 unspecified atom stereocenters. The summed E-state index contributed by atoms with van der Waals surface area (Å²) in [5.74, 6) is 0.161. The standard InChI is InChI=1S/C15H26N2O3/c18-13-8-4-3-7-12(13)17-14(19)9-10-16-15(20)11-5-1-2-6-11/h11-13,18H,1-10H2,(H,16,20)(H,17,19). The van der Waals surface area contributed by atoms with Gasteiger partial charge in [0, 0.05) is 18.9 Å². The Hall–Kier alpha value is -1.10. The number of hydrogen-bond donors (Lipinski definition) is 3. The van der Waals surface area contributed by atoms with Gasteiger partial charge in [-0.3, -0.25) is 9.59 Å². The molecule has 5 nitrogen and oxygen atoms in total. The van der Waals surface area contributed by atoms with Crippen molar-refractivity contribution in [3.05, 3.63) is 0 Å². The van der Waals surface area contributed by atoms with Crippen molar-refractivity contribution in [2.45, 2.75) is 69.9 Å². The average molecular weight is 282 g/mol. The molecule has 2 fully saturated rings. The number of carbonyl (C=O) groups is 2. The van der Waals surface area contributed by atoms with Crippen LogP contribution in [0.2, 0.25) is 0 Å². The Morgan fingerprint density at radius 3 is 2.35 bits per heavy atom. The zero-order valence-electron chi connectivity index (χ0n) is 12.1. The second kappa shape index (κ2) is 7.62. The third-order valence-electron chi connectivity index (χ3n) is 4.45. The van der Waals surface area contributed by atoms with Crippen LogP contribution in [0.4, 0.5) is 0 Å². The molecular weight excluding hydrogens is 256 g/mol. The Bertz CT molecular complexity index is 340. The van der Waals surface area contributed by atoms with Gasteiger partial charge in [0.1, 0.15) is 0 Å². The summed E-state index contributed by atoms with van der Waals surface area (Å²) in [5, 5.41) is 15.5. The molecule has 0 heterocycles. The quantitative estimate of drug-likeness (QED) is 0.706. The van der Waals surface area contributed by atoms with E-state index >= 15 is 0 Å². The van der Waals surface area contributed by atoms with Gasteiger partial charge in [-0.1, -0.05) is 25.7 Å². The summed E-state index contributed by atoms with van der Waals surface area (Å²) in [4.78, 5) is 23.6.